The fraction of sp³-hybridized carbons (Fsp3) is 1.00. The van der Waals surface area contributed by atoms with Gasteiger partial charge in [0, 0.05) is 13.6 Å². The third-order valence-corrected chi connectivity index (χ3v) is 1.08. The molecule has 0 aliphatic rings. The molecule has 0 fully saturated rings. The van der Waals surface area contributed by atoms with Crippen molar-refractivity contribution in [3.63, 3.8) is 0 Å². The zero-order valence-corrected chi connectivity index (χ0v) is 5.65. The molecule has 0 bridgehead atoms. The van der Waals surface area contributed by atoms with Crippen LogP contribution in [0.2, 0.25) is 0 Å². The number of hydrazine groups is 1. The Morgan fingerprint density at radius 3 is 2.62 bits per heavy atom. The highest BCUT2D eigenvalue weighted by atomic mass is 15.5. The first kappa shape index (κ1) is 7.88. The van der Waals surface area contributed by atoms with Gasteiger partial charge < -0.3 is 5.73 Å². The Morgan fingerprint density at radius 2 is 2.25 bits per heavy atom. The summed E-state index contributed by atoms with van der Waals surface area (Å²) >= 11 is 0. The largest absolute Gasteiger partial charge is 0.330 e. The molecule has 0 rings (SSSR count). The van der Waals surface area contributed by atoms with Crippen LogP contribution in [0.5, 0.6) is 0 Å². The van der Waals surface area contributed by atoms with Gasteiger partial charge >= 0.3 is 0 Å². The van der Waals surface area contributed by atoms with Gasteiger partial charge in [0.15, 0.2) is 0 Å². The number of nitrogens with one attached hydrogen (secondary N) is 1. The summed E-state index contributed by atoms with van der Waals surface area (Å²) in [5.41, 5.74) is 8.25. The van der Waals surface area contributed by atoms with Crippen molar-refractivity contribution in [3.8, 4) is 0 Å². The Balaban J connectivity index is 2.86. The minimum Gasteiger partial charge on any atom is -0.330 e. The second-order valence-corrected chi connectivity index (χ2v) is 1.79. The second kappa shape index (κ2) is 5.03. The molecular weight excluding hydrogens is 102 g/mol. The summed E-state index contributed by atoms with van der Waals surface area (Å²) in [6.45, 7) is 1.79. The maximum absolute atomic E-state index is 5.28. The molecule has 0 aromatic carbocycles. The maximum atomic E-state index is 5.28. The van der Waals surface area contributed by atoms with Crippen LogP contribution in [0.1, 0.15) is 6.42 Å². The number of hydrogen-bond donors (Lipinski definition) is 2. The molecule has 0 amide bonds. The molecule has 0 atom stereocenters. The molecule has 3 nitrogen and oxygen atoms in total. The molecule has 0 aliphatic carbocycles. The van der Waals surface area contributed by atoms with Gasteiger partial charge in [-0.2, -0.15) is 0 Å². The van der Waals surface area contributed by atoms with E-state index < -0.39 is 0 Å². The van der Waals surface area contributed by atoms with Crippen molar-refractivity contribution in [3.05, 3.63) is 0 Å². The summed E-state index contributed by atoms with van der Waals surface area (Å²) in [5, 5.41) is 2.01. The lowest BCUT2D eigenvalue weighted by Crippen LogP contribution is -2.32. The lowest BCUT2D eigenvalue weighted by molar-refractivity contribution is 0.259. The summed E-state index contributed by atoms with van der Waals surface area (Å²) in [6, 6.07) is 0. The third kappa shape index (κ3) is 4.05. The van der Waals surface area contributed by atoms with Crippen LogP contribution in [-0.4, -0.2) is 32.2 Å². The molecule has 0 heterocycles. The summed E-state index contributed by atoms with van der Waals surface area (Å²) in [5.74, 6) is 0. The lowest BCUT2D eigenvalue weighted by atomic mass is 10.4. The van der Waals surface area contributed by atoms with Gasteiger partial charge in [0.2, 0.25) is 0 Å². The van der Waals surface area contributed by atoms with E-state index in [9.17, 15) is 0 Å². The molecule has 0 aromatic heterocycles. The van der Waals surface area contributed by atoms with Crippen molar-refractivity contribution >= 4 is 0 Å². The van der Waals surface area contributed by atoms with E-state index in [-0.39, 0.29) is 0 Å². The highest BCUT2D eigenvalue weighted by Gasteiger charge is 1.88. The van der Waals surface area contributed by atoms with E-state index in [2.05, 4.69) is 5.43 Å². The van der Waals surface area contributed by atoms with E-state index in [0.29, 0.717) is 0 Å². The molecule has 0 aliphatic heterocycles. The Morgan fingerprint density at radius 1 is 1.62 bits per heavy atom. The van der Waals surface area contributed by atoms with Gasteiger partial charge in [0.05, 0.1) is 0 Å². The second-order valence-electron chi connectivity index (χ2n) is 1.79. The van der Waals surface area contributed by atoms with Crippen LogP contribution in [0, 0.1) is 0 Å². The molecule has 3 heteroatoms. The van der Waals surface area contributed by atoms with Crippen molar-refractivity contribution in [2.45, 2.75) is 6.42 Å². The number of hydrogen-bond acceptors (Lipinski definition) is 3. The minimum absolute atomic E-state index is 0.770. The van der Waals surface area contributed by atoms with Gasteiger partial charge in [-0.15, -0.1) is 0 Å². The summed E-state index contributed by atoms with van der Waals surface area (Å²) < 4.78 is 0. The normalized spacial score (nSPS) is 10.5. The fourth-order valence-electron chi connectivity index (χ4n) is 0.440. The third-order valence-electron chi connectivity index (χ3n) is 1.08. The molecule has 0 saturated carbocycles. The van der Waals surface area contributed by atoms with Crippen LogP contribution < -0.4 is 11.2 Å². The van der Waals surface area contributed by atoms with Gasteiger partial charge in [0.1, 0.15) is 0 Å². The molecule has 0 spiro atoms. The molecule has 0 saturated heterocycles. The van der Waals surface area contributed by atoms with Crippen molar-refractivity contribution in [1.82, 2.24) is 10.4 Å². The van der Waals surface area contributed by atoms with E-state index >= 15 is 0 Å². The monoisotopic (exact) mass is 117 g/mol. The highest BCUT2D eigenvalue weighted by Crippen LogP contribution is 1.76. The van der Waals surface area contributed by atoms with Crippen molar-refractivity contribution < 1.29 is 0 Å². The van der Waals surface area contributed by atoms with E-state index in [1.54, 1.807) is 0 Å². The van der Waals surface area contributed by atoms with Gasteiger partial charge in [-0.1, -0.05) is 0 Å². The predicted molar refractivity (Wildman–Crippen MR) is 35.4 cm³/mol. The first-order valence-electron chi connectivity index (χ1n) is 2.90. The zero-order valence-electron chi connectivity index (χ0n) is 5.65. The summed E-state index contributed by atoms with van der Waals surface area (Å²) in [7, 11) is 3.90. The lowest BCUT2D eigenvalue weighted by Gasteiger charge is -2.12. The highest BCUT2D eigenvalue weighted by molar-refractivity contribution is 4.42. The zero-order chi connectivity index (χ0) is 6.41. The summed E-state index contributed by atoms with van der Waals surface area (Å²) in [6.07, 6.45) is 1.05. The Labute approximate surface area is 50.8 Å². The van der Waals surface area contributed by atoms with Gasteiger partial charge in [0.25, 0.3) is 0 Å². The molecule has 3 N–H and O–H groups in total. The van der Waals surface area contributed by atoms with E-state index in [4.69, 9.17) is 5.73 Å². The summed E-state index contributed by atoms with van der Waals surface area (Å²) in [4.78, 5) is 0. The van der Waals surface area contributed by atoms with Crippen LogP contribution in [0.25, 0.3) is 0 Å². The predicted octanol–water partition coefficient (Wildman–Crippen LogP) is -0.599. The number of nitrogens with two attached hydrogens (primary N) is 1. The van der Waals surface area contributed by atoms with Crippen LogP contribution in [0.15, 0.2) is 0 Å². The standard InChI is InChI=1S/C5H15N3/c1-7-8(2)5-3-4-6/h7H,3-6H2,1-2H3. The van der Waals surface area contributed by atoms with Gasteiger partial charge in [-0.25, -0.2) is 5.01 Å². The molecular formula is C5H15N3. The quantitative estimate of drug-likeness (QED) is 0.483. The van der Waals surface area contributed by atoms with Gasteiger partial charge in [-0.3, -0.25) is 5.43 Å². The molecule has 0 unspecified atom stereocenters. The van der Waals surface area contributed by atoms with Crippen molar-refractivity contribution in [1.29, 1.82) is 0 Å². The van der Waals surface area contributed by atoms with E-state index in [1.807, 2.05) is 19.1 Å². The van der Waals surface area contributed by atoms with Crippen molar-refractivity contribution in [2.24, 2.45) is 5.73 Å². The average molecular weight is 117 g/mol. The van der Waals surface area contributed by atoms with E-state index in [1.165, 1.54) is 0 Å². The number of nitrogens with zero attached hydrogens (tertiary/aromatic N) is 1. The Kier molecular flexibility index (Phi) is 4.95. The minimum atomic E-state index is 0.770. The van der Waals surface area contributed by atoms with E-state index in [0.717, 1.165) is 19.5 Å². The van der Waals surface area contributed by atoms with Crippen LogP contribution in [-0.2, 0) is 0 Å². The topological polar surface area (TPSA) is 41.3 Å². The first-order valence-corrected chi connectivity index (χ1v) is 2.90. The number of rotatable bonds is 4. The molecule has 0 radical (unpaired) electrons. The SMILES string of the molecule is CNN(C)CCCN. The average Bonchev–Trinajstić information content (AvgIpc) is 1.83. The maximum Gasteiger partial charge on any atom is 0.0139 e. The van der Waals surface area contributed by atoms with Crippen LogP contribution >= 0.6 is 0 Å². The first-order chi connectivity index (χ1) is 3.81. The Bertz CT molecular complexity index is 46.9. The molecule has 50 valence electrons. The van der Waals surface area contributed by atoms with Crippen LogP contribution in [0.3, 0.4) is 0 Å². The van der Waals surface area contributed by atoms with Gasteiger partial charge in [-0.05, 0) is 20.0 Å². The molecule has 0 aromatic rings. The van der Waals surface area contributed by atoms with Crippen molar-refractivity contribution in [2.75, 3.05) is 27.2 Å². The van der Waals surface area contributed by atoms with Crippen LogP contribution in [0.4, 0.5) is 0 Å². The Hall–Kier alpha value is -0.120. The smallest absolute Gasteiger partial charge is 0.0139 e. The fourth-order valence-corrected chi connectivity index (χ4v) is 0.440. The molecule has 8 heavy (non-hydrogen) atoms.